The highest BCUT2D eigenvalue weighted by molar-refractivity contribution is 5.62. The number of ether oxygens (including phenoxy) is 2. The van der Waals surface area contributed by atoms with Gasteiger partial charge in [0, 0.05) is 29.8 Å². The normalized spacial score (nSPS) is 17.7. The number of hydrogen-bond donors (Lipinski definition) is 0. The number of aromatic nitrogens is 1. The van der Waals surface area contributed by atoms with Gasteiger partial charge in [-0.15, -0.1) is 0 Å². The van der Waals surface area contributed by atoms with Gasteiger partial charge in [-0.05, 0) is 62.1 Å². The lowest BCUT2D eigenvalue weighted by molar-refractivity contribution is 0.322. The molecule has 3 rings (SSSR count). The summed E-state index contributed by atoms with van der Waals surface area (Å²) in [5.41, 5.74) is 3.56. The van der Waals surface area contributed by atoms with E-state index in [1.807, 2.05) is 30.5 Å². The summed E-state index contributed by atoms with van der Waals surface area (Å²) >= 11 is 0. The third kappa shape index (κ3) is 5.00. The van der Waals surface area contributed by atoms with E-state index in [0.29, 0.717) is 5.92 Å². The molecule has 1 atom stereocenters. The standard InChI is InChI=1S/C24H29NO2/c1-4-5-12-23(20-9-8-10-21(16-20)26-3)27-24-17-19(14-13-18(24)2)22-11-6-7-15-25-22/h6-12,15-16,19H,4-5,13-14,17H2,1-3H3. The van der Waals surface area contributed by atoms with E-state index in [0.717, 1.165) is 60.6 Å². The first-order valence-corrected chi connectivity index (χ1v) is 9.83. The van der Waals surface area contributed by atoms with Crippen LogP contribution in [0.1, 0.15) is 63.1 Å². The monoisotopic (exact) mass is 363 g/mol. The van der Waals surface area contributed by atoms with Crippen molar-refractivity contribution in [3.8, 4) is 5.75 Å². The van der Waals surface area contributed by atoms with Crippen LogP contribution in [-0.4, -0.2) is 12.1 Å². The van der Waals surface area contributed by atoms with Crippen LogP contribution in [0.4, 0.5) is 0 Å². The first-order chi connectivity index (χ1) is 13.2. The summed E-state index contributed by atoms with van der Waals surface area (Å²) in [6.07, 6.45) is 9.23. The zero-order valence-corrected chi connectivity index (χ0v) is 16.6. The molecule has 1 unspecified atom stereocenters. The third-order valence-corrected chi connectivity index (χ3v) is 5.09. The van der Waals surface area contributed by atoms with Gasteiger partial charge in [0.05, 0.1) is 7.11 Å². The Balaban J connectivity index is 1.83. The first kappa shape index (κ1) is 19.2. The van der Waals surface area contributed by atoms with Crippen molar-refractivity contribution in [3.05, 3.63) is 77.3 Å². The maximum atomic E-state index is 6.50. The molecule has 0 aliphatic heterocycles. The fraction of sp³-hybridized carbons (Fsp3) is 0.375. The van der Waals surface area contributed by atoms with E-state index in [1.165, 1.54) is 5.57 Å². The molecule has 0 saturated heterocycles. The number of allylic oxidation sites excluding steroid dienone is 3. The zero-order valence-electron chi connectivity index (χ0n) is 16.6. The van der Waals surface area contributed by atoms with Gasteiger partial charge in [-0.3, -0.25) is 4.98 Å². The number of methoxy groups -OCH3 is 1. The Morgan fingerprint density at radius 3 is 2.85 bits per heavy atom. The molecule has 0 fully saturated rings. The highest BCUT2D eigenvalue weighted by Gasteiger charge is 2.23. The highest BCUT2D eigenvalue weighted by atomic mass is 16.5. The number of benzene rings is 1. The summed E-state index contributed by atoms with van der Waals surface area (Å²) in [5, 5.41) is 0. The molecule has 0 bridgehead atoms. The number of unbranched alkanes of at least 4 members (excludes halogenated alkanes) is 1. The summed E-state index contributed by atoms with van der Waals surface area (Å²) < 4.78 is 11.9. The molecular formula is C24H29NO2. The second kappa shape index (κ2) is 9.40. The Hall–Kier alpha value is -2.55. The third-order valence-electron chi connectivity index (χ3n) is 5.09. The lowest BCUT2D eigenvalue weighted by Gasteiger charge is -2.26. The van der Waals surface area contributed by atoms with Gasteiger partial charge in [0.25, 0.3) is 0 Å². The largest absolute Gasteiger partial charge is 0.497 e. The Bertz CT molecular complexity index is 808. The lowest BCUT2D eigenvalue weighted by Crippen LogP contribution is -2.11. The van der Waals surface area contributed by atoms with E-state index in [2.05, 4.69) is 43.1 Å². The van der Waals surface area contributed by atoms with Crippen molar-refractivity contribution in [3.63, 3.8) is 0 Å². The summed E-state index contributed by atoms with van der Waals surface area (Å²) in [6, 6.07) is 14.3. The molecule has 3 nitrogen and oxygen atoms in total. The van der Waals surface area contributed by atoms with Crippen molar-refractivity contribution in [2.45, 2.75) is 51.9 Å². The van der Waals surface area contributed by atoms with Crippen molar-refractivity contribution < 1.29 is 9.47 Å². The molecule has 142 valence electrons. The average molecular weight is 364 g/mol. The summed E-state index contributed by atoms with van der Waals surface area (Å²) in [5.74, 6) is 3.27. The minimum absolute atomic E-state index is 0.419. The van der Waals surface area contributed by atoms with Crippen LogP contribution in [-0.2, 0) is 4.74 Å². The predicted molar refractivity (Wildman–Crippen MR) is 110 cm³/mol. The van der Waals surface area contributed by atoms with E-state index in [1.54, 1.807) is 7.11 Å². The van der Waals surface area contributed by atoms with Gasteiger partial charge >= 0.3 is 0 Å². The quantitative estimate of drug-likeness (QED) is 0.527. The molecule has 1 aromatic heterocycles. The molecule has 0 saturated carbocycles. The smallest absolute Gasteiger partial charge is 0.130 e. The maximum Gasteiger partial charge on any atom is 0.130 e. The molecule has 0 N–H and O–H groups in total. The fourth-order valence-electron chi connectivity index (χ4n) is 3.43. The molecule has 1 heterocycles. The van der Waals surface area contributed by atoms with Gasteiger partial charge in [0.2, 0.25) is 0 Å². The fourth-order valence-corrected chi connectivity index (χ4v) is 3.43. The number of nitrogens with zero attached hydrogens (tertiary/aromatic N) is 1. The summed E-state index contributed by atoms with van der Waals surface area (Å²) in [6.45, 7) is 4.37. The van der Waals surface area contributed by atoms with Crippen LogP contribution in [0.3, 0.4) is 0 Å². The van der Waals surface area contributed by atoms with E-state index in [-0.39, 0.29) is 0 Å². The Morgan fingerprint density at radius 1 is 1.22 bits per heavy atom. The maximum absolute atomic E-state index is 6.50. The van der Waals surface area contributed by atoms with Gasteiger partial charge in [-0.2, -0.15) is 0 Å². The minimum Gasteiger partial charge on any atom is -0.497 e. The topological polar surface area (TPSA) is 31.4 Å². The first-order valence-electron chi connectivity index (χ1n) is 9.83. The Labute approximate surface area is 162 Å². The van der Waals surface area contributed by atoms with E-state index >= 15 is 0 Å². The van der Waals surface area contributed by atoms with Gasteiger partial charge in [-0.25, -0.2) is 0 Å². The Morgan fingerprint density at radius 2 is 2.11 bits per heavy atom. The number of rotatable bonds is 7. The average Bonchev–Trinajstić information content (AvgIpc) is 2.73. The van der Waals surface area contributed by atoms with Crippen LogP contribution >= 0.6 is 0 Å². The zero-order chi connectivity index (χ0) is 19.1. The molecule has 3 heteroatoms. The summed E-state index contributed by atoms with van der Waals surface area (Å²) in [4.78, 5) is 4.56. The SMILES string of the molecule is CCCC=C(OC1=C(C)CCC(c2ccccn2)C1)c1cccc(OC)c1. The minimum atomic E-state index is 0.419. The number of pyridine rings is 1. The van der Waals surface area contributed by atoms with Gasteiger partial charge < -0.3 is 9.47 Å². The van der Waals surface area contributed by atoms with Gasteiger partial charge in [-0.1, -0.05) is 31.5 Å². The van der Waals surface area contributed by atoms with E-state index < -0.39 is 0 Å². The van der Waals surface area contributed by atoms with Crippen LogP contribution in [0.15, 0.2) is 66.1 Å². The van der Waals surface area contributed by atoms with Crippen LogP contribution in [0, 0.1) is 0 Å². The summed E-state index contributed by atoms with van der Waals surface area (Å²) in [7, 11) is 1.70. The molecule has 1 aromatic carbocycles. The van der Waals surface area contributed by atoms with Crippen molar-refractivity contribution >= 4 is 5.76 Å². The molecule has 2 aromatic rings. The molecule has 0 radical (unpaired) electrons. The van der Waals surface area contributed by atoms with Crippen molar-refractivity contribution in [1.82, 2.24) is 4.98 Å². The lowest BCUT2D eigenvalue weighted by atomic mass is 9.86. The van der Waals surface area contributed by atoms with Crippen LogP contribution in [0.2, 0.25) is 0 Å². The predicted octanol–water partition coefficient (Wildman–Crippen LogP) is 6.49. The Kier molecular flexibility index (Phi) is 6.69. The van der Waals surface area contributed by atoms with E-state index in [4.69, 9.17) is 9.47 Å². The molecular weight excluding hydrogens is 334 g/mol. The van der Waals surface area contributed by atoms with Crippen molar-refractivity contribution in [1.29, 1.82) is 0 Å². The van der Waals surface area contributed by atoms with Gasteiger partial charge in [0.15, 0.2) is 0 Å². The molecule has 27 heavy (non-hydrogen) atoms. The molecule has 1 aliphatic carbocycles. The van der Waals surface area contributed by atoms with Crippen LogP contribution < -0.4 is 4.74 Å². The molecule has 0 spiro atoms. The number of hydrogen-bond acceptors (Lipinski definition) is 3. The highest BCUT2D eigenvalue weighted by Crippen LogP contribution is 2.38. The van der Waals surface area contributed by atoms with Crippen molar-refractivity contribution in [2.24, 2.45) is 0 Å². The van der Waals surface area contributed by atoms with Crippen molar-refractivity contribution in [2.75, 3.05) is 7.11 Å². The second-order valence-corrected chi connectivity index (χ2v) is 7.09. The second-order valence-electron chi connectivity index (χ2n) is 7.09. The molecule has 0 amide bonds. The van der Waals surface area contributed by atoms with Crippen LogP contribution in [0.5, 0.6) is 5.75 Å². The van der Waals surface area contributed by atoms with E-state index in [9.17, 15) is 0 Å². The van der Waals surface area contributed by atoms with Gasteiger partial charge in [0.1, 0.15) is 17.3 Å². The van der Waals surface area contributed by atoms with Crippen LogP contribution in [0.25, 0.3) is 5.76 Å². The molecule has 1 aliphatic rings.